The Morgan fingerprint density at radius 3 is 2.36 bits per heavy atom. The molecule has 2 amide bonds. The Morgan fingerprint density at radius 1 is 1.23 bits per heavy atom. The van der Waals surface area contributed by atoms with Gasteiger partial charge in [-0.1, -0.05) is 27.7 Å². The van der Waals surface area contributed by atoms with Crippen LogP contribution in [0.4, 0.5) is 0 Å². The van der Waals surface area contributed by atoms with Crippen molar-refractivity contribution in [3.63, 3.8) is 0 Å². The summed E-state index contributed by atoms with van der Waals surface area (Å²) in [5, 5.41) is 3.09. The lowest BCUT2D eigenvalue weighted by Crippen LogP contribution is -2.49. The van der Waals surface area contributed by atoms with Gasteiger partial charge in [0.1, 0.15) is 0 Å². The molecule has 128 valence electrons. The Labute approximate surface area is 135 Å². The number of piperidine rings is 1. The molecule has 1 fully saturated rings. The summed E-state index contributed by atoms with van der Waals surface area (Å²) in [6.07, 6.45) is 1.79. The normalized spacial score (nSPS) is 20.6. The molecule has 0 aromatic carbocycles. The zero-order chi connectivity index (χ0) is 16.9. The quantitative estimate of drug-likeness (QED) is 0.810. The molecule has 0 aromatic heterocycles. The van der Waals surface area contributed by atoms with Crippen molar-refractivity contribution in [3.8, 4) is 0 Å². The van der Waals surface area contributed by atoms with Gasteiger partial charge < -0.3 is 15.1 Å². The van der Waals surface area contributed by atoms with Crippen molar-refractivity contribution < 1.29 is 9.59 Å². The number of hydrogen-bond acceptors (Lipinski definition) is 3. The van der Waals surface area contributed by atoms with Crippen molar-refractivity contribution in [1.29, 1.82) is 0 Å². The Balaban J connectivity index is 2.53. The van der Waals surface area contributed by atoms with Crippen molar-refractivity contribution in [1.82, 2.24) is 15.1 Å². The van der Waals surface area contributed by atoms with Gasteiger partial charge >= 0.3 is 0 Å². The van der Waals surface area contributed by atoms with Gasteiger partial charge in [0, 0.05) is 31.6 Å². The average Bonchev–Trinajstić information content (AvgIpc) is 2.45. The number of carbonyl (C=O) groups is 2. The second kappa shape index (κ2) is 8.51. The monoisotopic (exact) mass is 311 g/mol. The van der Waals surface area contributed by atoms with E-state index in [9.17, 15) is 9.59 Å². The molecule has 1 aliphatic heterocycles. The number of likely N-dealkylation sites (N-methyl/N-ethyl adjacent to an activating group) is 1. The summed E-state index contributed by atoms with van der Waals surface area (Å²) in [4.78, 5) is 28.5. The number of nitrogens with zero attached hydrogens (tertiary/aromatic N) is 2. The van der Waals surface area contributed by atoms with Gasteiger partial charge in [0.2, 0.25) is 11.8 Å². The van der Waals surface area contributed by atoms with Gasteiger partial charge in [0.15, 0.2) is 0 Å². The van der Waals surface area contributed by atoms with Gasteiger partial charge in [-0.2, -0.15) is 0 Å². The fourth-order valence-electron chi connectivity index (χ4n) is 3.12. The summed E-state index contributed by atoms with van der Waals surface area (Å²) in [5.41, 5.74) is 0. The molecule has 1 saturated heterocycles. The summed E-state index contributed by atoms with van der Waals surface area (Å²) in [6.45, 7) is 10.2. The highest BCUT2D eigenvalue weighted by Crippen LogP contribution is 2.18. The fourth-order valence-corrected chi connectivity index (χ4v) is 3.12. The van der Waals surface area contributed by atoms with E-state index in [2.05, 4.69) is 24.1 Å². The van der Waals surface area contributed by atoms with Crippen LogP contribution in [0, 0.1) is 17.8 Å². The zero-order valence-electron chi connectivity index (χ0n) is 15.1. The first-order valence-electron chi connectivity index (χ1n) is 8.47. The highest BCUT2D eigenvalue weighted by Gasteiger charge is 2.29. The molecule has 5 heteroatoms. The lowest BCUT2D eigenvalue weighted by molar-refractivity contribution is -0.138. The van der Waals surface area contributed by atoms with E-state index < -0.39 is 0 Å². The van der Waals surface area contributed by atoms with Crippen molar-refractivity contribution in [2.75, 3.05) is 33.7 Å². The van der Waals surface area contributed by atoms with Crippen LogP contribution < -0.4 is 5.32 Å². The average molecular weight is 311 g/mol. The van der Waals surface area contributed by atoms with Crippen molar-refractivity contribution in [2.24, 2.45) is 17.8 Å². The summed E-state index contributed by atoms with van der Waals surface area (Å²) in [7, 11) is 4.08. The van der Waals surface area contributed by atoms with Gasteiger partial charge in [-0.15, -0.1) is 0 Å². The SMILES string of the molecule is CC(C)C(=O)N1CCC[C@@H](C(=O)NC[C@@H](C(C)C)N(C)C)C1. The second-order valence-corrected chi connectivity index (χ2v) is 7.30. The van der Waals surface area contributed by atoms with Crippen LogP contribution in [0.15, 0.2) is 0 Å². The van der Waals surface area contributed by atoms with E-state index in [-0.39, 0.29) is 23.7 Å². The highest BCUT2D eigenvalue weighted by atomic mass is 16.2. The van der Waals surface area contributed by atoms with E-state index >= 15 is 0 Å². The van der Waals surface area contributed by atoms with E-state index in [0.29, 0.717) is 25.0 Å². The predicted octanol–water partition coefficient (Wildman–Crippen LogP) is 1.58. The van der Waals surface area contributed by atoms with Crippen molar-refractivity contribution >= 4 is 11.8 Å². The summed E-state index contributed by atoms with van der Waals surface area (Å²) in [6, 6.07) is 0.334. The molecule has 5 nitrogen and oxygen atoms in total. The molecule has 1 N–H and O–H groups in total. The molecule has 0 unspecified atom stereocenters. The Hall–Kier alpha value is -1.10. The Kier molecular flexibility index (Phi) is 7.33. The first kappa shape index (κ1) is 18.9. The van der Waals surface area contributed by atoms with Crippen LogP contribution in [0.2, 0.25) is 0 Å². The first-order chi connectivity index (χ1) is 10.2. The molecule has 2 atom stereocenters. The minimum atomic E-state index is -0.0635. The molecule has 0 aromatic rings. The van der Waals surface area contributed by atoms with Crippen LogP contribution in [-0.4, -0.2) is 61.4 Å². The Bertz CT molecular complexity index is 372. The molecule has 0 saturated carbocycles. The Morgan fingerprint density at radius 2 is 1.86 bits per heavy atom. The molecular weight excluding hydrogens is 278 g/mol. The number of hydrogen-bond donors (Lipinski definition) is 1. The molecule has 0 bridgehead atoms. The van der Waals surface area contributed by atoms with Gasteiger partial charge in [-0.05, 0) is 32.9 Å². The standard InChI is InChI=1S/C17H33N3O2/c1-12(2)15(19(5)6)10-18-16(21)14-8-7-9-20(11-14)17(22)13(3)4/h12-15H,7-11H2,1-6H3,(H,18,21)/t14-,15+/m1/s1. The maximum atomic E-state index is 12.4. The van der Waals surface area contributed by atoms with Crippen LogP contribution in [0.25, 0.3) is 0 Å². The van der Waals surface area contributed by atoms with Crippen LogP contribution >= 0.6 is 0 Å². The molecule has 0 aliphatic carbocycles. The van der Waals surface area contributed by atoms with Crippen LogP contribution in [0.1, 0.15) is 40.5 Å². The minimum Gasteiger partial charge on any atom is -0.354 e. The number of likely N-dealkylation sites (tertiary alicyclic amines) is 1. The number of carbonyl (C=O) groups excluding carboxylic acids is 2. The number of rotatable bonds is 6. The third kappa shape index (κ3) is 5.27. The molecular formula is C17H33N3O2. The number of amides is 2. The fraction of sp³-hybridized carbons (Fsp3) is 0.882. The van der Waals surface area contributed by atoms with Crippen LogP contribution in [0.3, 0.4) is 0 Å². The smallest absolute Gasteiger partial charge is 0.225 e. The molecule has 1 heterocycles. The van der Waals surface area contributed by atoms with E-state index in [1.54, 1.807) is 0 Å². The third-order valence-corrected chi connectivity index (χ3v) is 4.52. The lowest BCUT2D eigenvalue weighted by atomic mass is 9.95. The van der Waals surface area contributed by atoms with Gasteiger partial charge in [-0.25, -0.2) is 0 Å². The highest BCUT2D eigenvalue weighted by molar-refractivity contribution is 5.82. The molecule has 1 aliphatic rings. The van der Waals surface area contributed by atoms with Crippen molar-refractivity contribution in [3.05, 3.63) is 0 Å². The van der Waals surface area contributed by atoms with E-state index in [4.69, 9.17) is 0 Å². The van der Waals surface area contributed by atoms with E-state index in [1.165, 1.54) is 0 Å². The summed E-state index contributed by atoms with van der Waals surface area (Å²) < 4.78 is 0. The largest absolute Gasteiger partial charge is 0.354 e. The van der Waals surface area contributed by atoms with E-state index in [0.717, 1.165) is 19.4 Å². The third-order valence-electron chi connectivity index (χ3n) is 4.52. The molecule has 0 spiro atoms. The van der Waals surface area contributed by atoms with Crippen LogP contribution in [-0.2, 0) is 9.59 Å². The summed E-state index contributed by atoms with van der Waals surface area (Å²) in [5.74, 6) is 0.674. The van der Waals surface area contributed by atoms with Gasteiger partial charge in [0.25, 0.3) is 0 Å². The van der Waals surface area contributed by atoms with E-state index in [1.807, 2.05) is 32.8 Å². The predicted molar refractivity (Wildman–Crippen MR) is 89.5 cm³/mol. The maximum Gasteiger partial charge on any atom is 0.225 e. The second-order valence-electron chi connectivity index (χ2n) is 7.30. The van der Waals surface area contributed by atoms with Gasteiger partial charge in [-0.3, -0.25) is 9.59 Å². The topological polar surface area (TPSA) is 52.7 Å². The minimum absolute atomic E-state index is 0.000809. The maximum absolute atomic E-state index is 12.4. The van der Waals surface area contributed by atoms with Crippen molar-refractivity contribution in [2.45, 2.75) is 46.6 Å². The summed E-state index contributed by atoms with van der Waals surface area (Å²) >= 11 is 0. The number of nitrogens with one attached hydrogen (secondary N) is 1. The lowest BCUT2D eigenvalue weighted by Gasteiger charge is -2.34. The molecule has 22 heavy (non-hydrogen) atoms. The van der Waals surface area contributed by atoms with Gasteiger partial charge in [0.05, 0.1) is 5.92 Å². The molecule has 1 rings (SSSR count). The molecule has 0 radical (unpaired) electrons. The van der Waals surface area contributed by atoms with Crippen LogP contribution in [0.5, 0.6) is 0 Å². The zero-order valence-corrected chi connectivity index (χ0v) is 15.1. The first-order valence-corrected chi connectivity index (χ1v) is 8.47.